The molecule has 0 radical (unpaired) electrons. The van der Waals surface area contributed by atoms with Crippen molar-refractivity contribution in [1.82, 2.24) is 35.3 Å². The summed E-state index contributed by atoms with van der Waals surface area (Å²) in [6.07, 6.45) is 7.23. The Morgan fingerprint density at radius 3 is 1.48 bits per heavy atom. The number of carbonyl (C=O) groups is 3. The summed E-state index contributed by atoms with van der Waals surface area (Å²) in [7, 11) is 0. The molecule has 0 atom stereocenters. The number of nitriles is 2. The Kier molecular flexibility index (Phi) is 28.4. The lowest BCUT2D eigenvalue weighted by atomic mass is 10.0. The lowest BCUT2D eigenvalue weighted by molar-refractivity contribution is 0.0262. The van der Waals surface area contributed by atoms with Gasteiger partial charge in [0.2, 0.25) is 6.08 Å². The number of urea groups is 2. The van der Waals surface area contributed by atoms with Crippen LogP contribution >= 0.6 is 11.6 Å². The van der Waals surface area contributed by atoms with Crippen LogP contribution in [0.4, 0.5) is 37.3 Å². The molecule has 432 valence electrons. The second-order valence-corrected chi connectivity index (χ2v) is 21.7. The molecule has 0 unspecified atom stereocenters. The molecule has 3 aliphatic heterocycles. The van der Waals surface area contributed by atoms with Gasteiger partial charge in [0.15, 0.2) is 0 Å². The van der Waals surface area contributed by atoms with Crippen LogP contribution < -0.4 is 26.2 Å². The number of ether oxygens (including phenoxy) is 1. The third-order valence-electron chi connectivity index (χ3n) is 12.9. The predicted octanol–water partition coefficient (Wildman–Crippen LogP) is 12.1. The van der Waals surface area contributed by atoms with Crippen LogP contribution in [0.2, 0.25) is 5.15 Å². The van der Waals surface area contributed by atoms with Gasteiger partial charge in [-0.2, -0.15) is 15.5 Å². The van der Waals surface area contributed by atoms with E-state index in [4.69, 9.17) is 26.9 Å². The zero-order valence-corrected chi connectivity index (χ0v) is 49.4. The number of hydrogen-bond donors (Lipinski definition) is 4. The summed E-state index contributed by atoms with van der Waals surface area (Å²) in [6.45, 7) is 28.3. The van der Waals surface area contributed by atoms with Crippen LogP contribution in [0.25, 0.3) is 0 Å². The number of carbonyl (C=O) groups excluding carboxylic acids is 4. The van der Waals surface area contributed by atoms with Gasteiger partial charge >= 0.3 is 18.2 Å². The van der Waals surface area contributed by atoms with Gasteiger partial charge in [0.1, 0.15) is 28.7 Å². The molecule has 3 fully saturated rings. The Morgan fingerprint density at radius 1 is 0.580 bits per heavy atom. The SMILES string of the molecule is CC(C)(C)OC(=O)N1CCCNCC1.CC(C)c1ccc(N=C=O)cc1.CC(C)c1ccc(NC(=O)N2CCCN(c3ccc(C#N)cn3)CC2)cc1.CC(C)c1ccc(NC(=O)N2CCCNCC2)cc1.N#Cc1ccc(Cl)nc1. The lowest BCUT2D eigenvalue weighted by Gasteiger charge is -2.26. The first kappa shape index (κ1) is 65.7. The number of anilines is 3. The zero-order chi connectivity index (χ0) is 59.2. The zero-order valence-electron chi connectivity index (χ0n) is 48.7. The minimum absolute atomic E-state index is 0.000923. The second kappa shape index (κ2) is 35.0. The van der Waals surface area contributed by atoms with Crippen molar-refractivity contribution in [1.29, 1.82) is 10.5 Å². The van der Waals surface area contributed by atoms with Crippen molar-refractivity contribution < 1.29 is 23.9 Å². The first-order valence-corrected chi connectivity index (χ1v) is 28.2. The van der Waals surface area contributed by atoms with Crippen LogP contribution in [0, 0.1) is 22.7 Å². The topological polar surface area (TPSA) is 224 Å². The molecule has 8 rings (SSSR count). The summed E-state index contributed by atoms with van der Waals surface area (Å²) in [6, 6.07) is 34.5. The molecule has 3 aromatic carbocycles. The van der Waals surface area contributed by atoms with Gasteiger partial charge in [0.25, 0.3) is 0 Å². The fourth-order valence-corrected chi connectivity index (χ4v) is 8.24. The fourth-order valence-electron chi connectivity index (χ4n) is 8.13. The summed E-state index contributed by atoms with van der Waals surface area (Å²) in [5.41, 5.74) is 6.83. The Hall–Kier alpha value is -7.86. The van der Waals surface area contributed by atoms with Crippen molar-refractivity contribution >= 4 is 58.7 Å². The summed E-state index contributed by atoms with van der Waals surface area (Å²) in [5, 5.41) is 30.1. The molecular weight excluding hydrogens is 1040 g/mol. The number of nitrogens with zero attached hydrogens (tertiary/aromatic N) is 9. The summed E-state index contributed by atoms with van der Waals surface area (Å²) < 4.78 is 5.29. The van der Waals surface area contributed by atoms with Crippen molar-refractivity contribution in [3.8, 4) is 12.1 Å². The molecule has 18 nitrogen and oxygen atoms in total. The van der Waals surface area contributed by atoms with Crippen LogP contribution in [-0.4, -0.2) is 133 Å². The molecule has 2 aromatic heterocycles. The van der Waals surface area contributed by atoms with Crippen molar-refractivity contribution in [3.05, 3.63) is 142 Å². The number of amides is 5. The lowest BCUT2D eigenvalue weighted by Crippen LogP contribution is -2.38. The molecule has 0 bridgehead atoms. The second-order valence-electron chi connectivity index (χ2n) is 21.4. The third-order valence-corrected chi connectivity index (χ3v) is 13.1. The number of aliphatic imine (C=N–C) groups is 1. The van der Waals surface area contributed by atoms with E-state index < -0.39 is 5.60 Å². The number of isocyanates is 1. The van der Waals surface area contributed by atoms with Crippen molar-refractivity contribution in [2.24, 2.45) is 4.99 Å². The van der Waals surface area contributed by atoms with Gasteiger partial charge in [-0.1, -0.05) is 89.5 Å². The van der Waals surface area contributed by atoms with Crippen molar-refractivity contribution in [2.45, 2.75) is 105 Å². The van der Waals surface area contributed by atoms with Gasteiger partial charge in [0, 0.05) is 89.2 Å². The molecule has 3 aliphatic rings. The molecule has 0 spiro atoms. The Balaban J connectivity index is 0.000000230. The maximum absolute atomic E-state index is 12.6. The van der Waals surface area contributed by atoms with Crippen molar-refractivity contribution in [3.63, 3.8) is 0 Å². The van der Waals surface area contributed by atoms with E-state index >= 15 is 0 Å². The molecule has 5 aromatic rings. The quantitative estimate of drug-likeness (QED) is 0.0678. The minimum atomic E-state index is -0.392. The Bertz CT molecular complexity index is 2790. The van der Waals surface area contributed by atoms with E-state index in [1.54, 1.807) is 29.3 Å². The van der Waals surface area contributed by atoms with Crippen LogP contribution in [0.1, 0.15) is 127 Å². The fraction of sp³-hybridized carbons (Fsp3) is 0.452. The monoisotopic (exact) mass is 1120 g/mol. The van der Waals surface area contributed by atoms with Crippen molar-refractivity contribution in [2.75, 3.05) is 94.1 Å². The van der Waals surface area contributed by atoms with E-state index in [0.717, 1.165) is 102 Å². The molecule has 0 aliphatic carbocycles. The molecular formula is C62H82ClN13O5. The average molecular weight is 1120 g/mol. The summed E-state index contributed by atoms with van der Waals surface area (Å²) in [5.74, 6) is 2.35. The first-order valence-electron chi connectivity index (χ1n) is 27.8. The van der Waals surface area contributed by atoms with Crippen LogP contribution in [0.15, 0.2) is 114 Å². The highest BCUT2D eigenvalue weighted by Crippen LogP contribution is 2.21. The molecule has 19 heteroatoms. The van der Waals surface area contributed by atoms with Gasteiger partial charge in [-0.15, -0.1) is 0 Å². The van der Waals surface area contributed by atoms with E-state index in [2.05, 4.69) is 113 Å². The predicted molar refractivity (Wildman–Crippen MR) is 323 cm³/mol. The number of benzene rings is 3. The van der Waals surface area contributed by atoms with E-state index in [9.17, 15) is 19.2 Å². The molecule has 0 saturated carbocycles. The highest BCUT2D eigenvalue weighted by atomic mass is 35.5. The molecule has 3 saturated heterocycles. The van der Waals surface area contributed by atoms with Gasteiger partial charge in [0.05, 0.1) is 16.8 Å². The first-order chi connectivity index (χ1) is 38.8. The molecule has 81 heavy (non-hydrogen) atoms. The summed E-state index contributed by atoms with van der Waals surface area (Å²) in [4.78, 5) is 65.5. The van der Waals surface area contributed by atoms with Gasteiger partial charge in [-0.3, -0.25) is 0 Å². The Labute approximate surface area is 484 Å². The molecule has 4 N–H and O–H groups in total. The molecule has 5 heterocycles. The van der Waals surface area contributed by atoms with Gasteiger partial charge in [-0.25, -0.2) is 29.1 Å². The maximum Gasteiger partial charge on any atom is 0.410 e. The number of halogens is 1. The van der Waals surface area contributed by atoms with E-state index in [-0.39, 0.29) is 18.2 Å². The number of pyridine rings is 2. The number of aromatic nitrogens is 2. The van der Waals surface area contributed by atoms with Crippen LogP contribution in [-0.2, 0) is 9.53 Å². The van der Waals surface area contributed by atoms with Gasteiger partial charge in [-0.05, 0) is 148 Å². The largest absolute Gasteiger partial charge is 0.444 e. The highest BCUT2D eigenvalue weighted by molar-refractivity contribution is 6.29. The number of rotatable bonds is 7. The normalized spacial score (nSPS) is 14.3. The van der Waals surface area contributed by atoms with E-state index in [1.165, 1.54) is 29.0 Å². The Morgan fingerprint density at radius 2 is 1.04 bits per heavy atom. The smallest absolute Gasteiger partial charge is 0.410 e. The highest BCUT2D eigenvalue weighted by Gasteiger charge is 2.23. The number of hydrogen-bond acceptors (Lipinski definition) is 13. The van der Waals surface area contributed by atoms with E-state index in [1.807, 2.05) is 91.2 Å². The standard InChI is InChI=1S/C21H25N5O.C15H23N3O.C10H20N2O2.C10H11NO.C6H3ClN2/c1-16(2)18-5-7-19(8-6-18)24-21(27)26-11-3-10-25(12-13-26)20-9-4-17(14-22)15-23-20;1-12(2)13-4-6-14(7-5-13)17-15(19)18-10-3-8-16-9-11-18;1-10(2,3)14-9(13)12-7-4-5-11-6-8-12;1-8(2)9-3-5-10(6-4-9)11-7-12;7-6-2-1-5(3-8)4-9-6/h4-9,15-16H,3,10-13H2,1-2H3,(H,24,27);4-7,12,16H,3,8-11H2,1-2H3,(H,17,19);11H,4-8H2,1-3H3;3-6,8H,1-2H3;1-2,4H. The maximum atomic E-state index is 12.6. The van der Waals surface area contributed by atoms with Crippen LogP contribution in [0.5, 0.6) is 0 Å². The average Bonchev–Trinajstić information content (AvgIpc) is 4.02. The minimum Gasteiger partial charge on any atom is -0.444 e. The summed E-state index contributed by atoms with van der Waals surface area (Å²) >= 11 is 5.45. The van der Waals surface area contributed by atoms with E-state index in [0.29, 0.717) is 52.8 Å². The molecule has 5 amide bonds. The van der Waals surface area contributed by atoms with Crippen LogP contribution in [0.3, 0.4) is 0 Å². The van der Waals surface area contributed by atoms with Gasteiger partial charge < -0.3 is 45.6 Å². The third kappa shape index (κ3) is 25.0. The number of nitrogens with one attached hydrogen (secondary N) is 4.